The summed E-state index contributed by atoms with van der Waals surface area (Å²) in [6.45, 7) is 0. The number of halogens is 1. The number of rotatable bonds is 2. The van der Waals surface area contributed by atoms with Crippen LogP contribution in [0.4, 0.5) is 0 Å². The molecule has 0 aromatic heterocycles. The van der Waals surface area contributed by atoms with Crippen LogP contribution in [0, 0.1) is 11.8 Å². The predicted molar refractivity (Wildman–Crippen MR) is 98.5 cm³/mol. The van der Waals surface area contributed by atoms with Crippen LogP contribution in [0.25, 0.3) is 0 Å². The van der Waals surface area contributed by atoms with Gasteiger partial charge in [-0.15, -0.1) is 0 Å². The van der Waals surface area contributed by atoms with Crippen LogP contribution < -0.4 is 10.6 Å². The molecule has 1 aliphatic carbocycles. The van der Waals surface area contributed by atoms with Crippen molar-refractivity contribution in [3.63, 3.8) is 0 Å². The van der Waals surface area contributed by atoms with Gasteiger partial charge in [0.05, 0.1) is 0 Å². The molecular weight excluding hydrogens is 339 g/mol. The quantitative estimate of drug-likeness (QED) is 0.538. The molecule has 2 aromatic rings. The van der Waals surface area contributed by atoms with E-state index in [1.807, 2.05) is 0 Å². The monoisotopic (exact) mass is 358 g/mol. The van der Waals surface area contributed by atoms with Crippen molar-refractivity contribution in [2.45, 2.75) is 6.42 Å². The van der Waals surface area contributed by atoms with Crippen LogP contribution in [-0.4, -0.2) is 12.3 Å². The van der Waals surface area contributed by atoms with Gasteiger partial charge in [0.1, 0.15) is 0 Å². The third-order valence-corrected chi connectivity index (χ3v) is 14.8. The zero-order valence-electron chi connectivity index (χ0n) is 12.0. The van der Waals surface area contributed by atoms with E-state index in [1.54, 1.807) is 0 Å². The standard InChI is InChI=1S/C19H20BrP/c20-21(18-7-3-1-4-8-18,19-9-5-2-6-10-19)14-16-11-12-17(13-16)15-21/h1-12,16-17H,13-15H2/t16-,17+. The minimum atomic E-state index is -2.25. The van der Waals surface area contributed by atoms with Gasteiger partial charge in [-0.05, 0) is 0 Å². The van der Waals surface area contributed by atoms with Crippen molar-refractivity contribution in [3.8, 4) is 0 Å². The van der Waals surface area contributed by atoms with Gasteiger partial charge in [-0.2, -0.15) is 0 Å². The van der Waals surface area contributed by atoms with Gasteiger partial charge < -0.3 is 0 Å². The fourth-order valence-electron chi connectivity index (χ4n) is 4.29. The third kappa shape index (κ3) is 2.05. The number of allylic oxidation sites excluding steroid dienone is 2. The summed E-state index contributed by atoms with van der Waals surface area (Å²) in [5.41, 5.74) is 0. The number of hydrogen-bond donors (Lipinski definition) is 0. The van der Waals surface area contributed by atoms with Gasteiger partial charge in [0.15, 0.2) is 0 Å². The molecular formula is C19H20BrP. The van der Waals surface area contributed by atoms with Crippen molar-refractivity contribution in [1.82, 2.24) is 0 Å². The van der Waals surface area contributed by atoms with Crippen LogP contribution in [0.5, 0.6) is 0 Å². The molecule has 0 saturated carbocycles. The molecule has 2 bridgehead atoms. The van der Waals surface area contributed by atoms with Crippen LogP contribution in [-0.2, 0) is 0 Å². The Balaban J connectivity index is 1.95. The summed E-state index contributed by atoms with van der Waals surface area (Å²) in [7, 11) is 0. The van der Waals surface area contributed by atoms with E-state index < -0.39 is 5.31 Å². The molecule has 1 fully saturated rings. The second-order valence-corrected chi connectivity index (χ2v) is 16.2. The van der Waals surface area contributed by atoms with E-state index in [0.29, 0.717) is 0 Å². The Kier molecular flexibility index (Phi) is 3.14. The van der Waals surface area contributed by atoms with Crippen molar-refractivity contribution >= 4 is 31.4 Å². The van der Waals surface area contributed by atoms with Crippen molar-refractivity contribution in [2.24, 2.45) is 11.8 Å². The zero-order valence-corrected chi connectivity index (χ0v) is 14.5. The first-order chi connectivity index (χ1) is 10.2. The van der Waals surface area contributed by atoms with E-state index in [2.05, 4.69) is 88.3 Å². The van der Waals surface area contributed by atoms with Gasteiger partial charge in [-0.3, -0.25) is 0 Å². The van der Waals surface area contributed by atoms with Crippen molar-refractivity contribution in [3.05, 3.63) is 72.8 Å². The van der Waals surface area contributed by atoms with Crippen molar-refractivity contribution in [1.29, 1.82) is 0 Å². The Hall–Kier alpha value is -0.910. The molecule has 0 nitrogen and oxygen atoms in total. The first-order valence-corrected chi connectivity index (χ1v) is 12.3. The molecule has 0 radical (unpaired) electrons. The molecule has 108 valence electrons. The Bertz CT molecular complexity index is 620. The van der Waals surface area contributed by atoms with Crippen LogP contribution in [0.1, 0.15) is 6.42 Å². The molecule has 0 unspecified atom stereocenters. The molecule has 2 atom stereocenters. The minimum absolute atomic E-state index is 0.737. The maximum atomic E-state index is 4.43. The molecule has 2 aliphatic rings. The molecule has 0 N–H and O–H groups in total. The Morgan fingerprint density at radius 2 is 1.14 bits per heavy atom. The fourth-order valence-corrected chi connectivity index (χ4v) is 13.4. The van der Waals surface area contributed by atoms with E-state index in [4.69, 9.17) is 0 Å². The molecule has 0 amide bonds. The first kappa shape index (κ1) is 13.7. The van der Waals surface area contributed by atoms with Gasteiger partial charge in [-0.1, -0.05) is 0 Å². The second kappa shape index (κ2) is 4.80. The summed E-state index contributed by atoms with van der Waals surface area (Å²) in [5, 5.41) is 0.796. The summed E-state index contributed by atoms with van der Waals surface area (Å²) < 4.78 is 0. The van der Waals surface area contributed by atoms with E-state index in [1.165, 1.54) is 29.4 Å². The first-order valence-electron chi connectivity index (χ1n) is 7.70. The van der Waals surface area contributed by atoms with Crippen molar-refractivity contribution in [2.75, 3.05) is 12.3 Å². The maximum absolute atomic E-state index is 4.43. The molecule has 1 heterocycles. The topological polar surface area (TPSA) is 0 Å². The SMILES string of the molecule is BrP1(c2ccccc2)(c2ccccc2)C[C@@H]2C=C[C@@H](C2)C1. The summed E-state index contributed by atoms with van der Waals surface area (Å²) >= 11 is 4.43. The summed E-state index contributed by atoms with van der Waals surface area (Å²) in [4.78, 5) is 0. The van der Waals surface area contributed by atoms with Gasteiger partial charge in [-0.25, -0.2) is 0 Å². The predicted octanol–water partition coefficient (Wildman–Crippen LogP) is 4.71. The summed E-state index contributed by atoms with van der Waals surface area (Å²) in [5.74, 6) is 1.47. The Labute approximate surface area is 134 Å². The molecule has 2 aromatic carbocycles. The molecule has 1 aliphatic heterocycles. The Morgan fingerprint density at radius 3 is 1.57 bits per heavy atom. The van der Waals surface area contributed by atoms with Gasteiger partial charge >= 0.3 is 135 Å². The summed E-state index contributed by atoms with van der Waals surface area (Å²) in [6.07, 6.45) is 8.82. The second-order valence-electron chi connectivity index (χ2n) is 6.55. The molecule has 4 rings (SSSR count). The average molecular weight is 359 g/mol. The van der Waals surface area contributed by atoms with Gasteiger partial charge in [0, 0.05) is 0 Å². The van der Waals surface area contributed by atoms with E-state index in [-0.39, 0.29) is 0 Å². The fraction of sp³-hybridized carbons (Fsp3) is 0.263. The molecule has 1 saturated heterocycles. The molecule has 0 spiro atoms. The van der Waals surface area contributed by atoms with E-state index in [0.717, 1.165) is 11.8 Å². The van der Waals surface area contributed by atoms with Crippen LogP contribution >= 0.6 is 20.8 Å². The number of hydrogen-bond acceptors (Lipinski definition) is 0. The number of fused-ring (bicyclic) bond motifs is 2. The molecule has 2 heteroatoms. The zero-order chi connectivity index (χ0) is 14.4. The summed E-state index contributed by atoms with van der Waals surface area (Å²) in [6, 6.07) is 22.4. The number of benzene rings is 2. The normalized spacial score (nSPS) is 30.4. The van der Waals surface area contributed by atoms with Crippen molar-refractivity contribution < 1.29 is 0 Å². The van der Waals surface area contributed by atoms with Gasteiger partial charge in [0.2, 0.25) is 0 Å². The average Bonchev–Trinajstić information content (AvgIpc) is 2.89. The van der Waals surface area contributed by atoms with Crippen LogP contribution in [0.15, 0.2) is 72.8 Å². The Morgan fingerprint density at radius 1 is 0.714 bits per heavy atom. The van der Waals surface area contributed by atoms with Crippen LogP contribution in [0.3, 0.4) is 0 Å². The van der Waals surface area contributed by atoms with E-state index >= 15 is 0 Å². The third-order valence-electron chi connectivity index (χ3n) is 5.19. The van der Waals surface area contributed by atoms with Crippen LogP contribution in [0.2, 0.25) is 0 Å². The molecule has 21 heavy (non-hydrogen) atoms. The van der Waals surface area contributed by atoms with E-state index in [9.17, 15) is 0 Å². The van der Waals surface area contributed by atoms with Gasteiger partial charge in [0.25, 0.3) is 0 Å².